The molecule has 2 aliphatic rings. The minimum atomic E-state index is -0.354. The lowest BCUT2D eigenvalue weighted by Crippen LogP contribution is -2.42. The molecule has 0 aliphatic carbocycles. The van der Waals surface area contributed by atoms with Gasteiger partial charge in [-0.15, -0.1) is 0 Å². The molecule has 3 aromatic carbocycles. The number of para-hydroxylation sites is 1. The average molecular weight is 467 g/mol. The topological polar surface area (TPSA) is 68.6 Å². The number of hydrogen-bond acceptors (Lipinski definition) is 5. The summed E-state index contributed by atoms with van der Waals surface area (Å²) in [6.45, 7) is 5.40. The van der Waals surface area contributed by atoms with Gasteiger partial charge in [-0.1, -0.05) is 48.5 Å². The number of hydrogen-bond donors (Lipinski definition) is 1. The average Bonchev–Trinajstić information content (AvgIpc) is 3.45. The van der Waals surface area contributed by atoms with Crippen molar-refractivity contribution in [3.05, 3.63) is 106 Å². The van der Waals surface area contributed by atoms with E-state index in [1.807, 2.05) is 77.2 Å². The Kier molecular flexibility index (Phi) is 5.17. The van der Waals surface area contributed by atoms with Crippen LogP contribution in [0.5, 0.6) is 11.5 Å². The van der Waals surface area contributed by atoms with Crippen LogP contribution in [0.2, 0.25) is 0 Å². The van der Waals surface area contributed by atoms with Gasteiger partial charge in [0.2, 0.25) is 6.79 Å². The summed E-state index contributed by atoms with van der Waals surface area (Å²) in [5, 5.41) is 8.47. The maximum absolute atomic E-state index is 13.8. The number of ether oxygens (including phenoxy) is 2. The first kappa shape index (κ1) is 21.3. The number of anilines is 1. The number of carbonyl (C=O) groups is 1. The largest absolute Gasteiger partial charge is 0.454 e. The van der Waals surface area contributed by atoms with E-state index in [1.54, 1.807) is 0 Å². The van der Waals surface area contributed by atoms with Crippen molar-refractivity contribution in [3.8, 4) is 11.5 Å². The molecule has 0 saturated heterocycles. The van der Waals surface area contributed by atoms with Crippen LogP contribution >= 0.6 is 0 Å². The van der Waals surface area contributed by atoms with Crippen LogP contribution in [0.15, 0.2) is 72.8 Å². The highest BCUT2D eigenvalue weighted by atomic mass is 16.7. The smallest absolute Gasteiger partial charge is 0.258 e. The monoisotopic (exact) mass is 466 g/mol. The van der Waals surface area contributed by atoms with Gasteiger partial charge < -0.3 is 19.7 Å². The predicted octanol–water partition coefficient (Wildman–Crippen LogP) is 5.04. The Bertz CT molecular complexity index is 1410. The summed E-state index contributed by atoms with van der Waals surface area (Å²) in [5.41, 5.74) is 6.60. The van der Waals surface area contributed by atoms with E-state index < -0.39 is 0 Å². The van der Waals surface area contributed by atoms with E-state index in [2.05, 4.69) is 24.4 Å². The van der Waals surface area contributed by atoms with Gasteiger partial charge in [0.25, 0.3) is 5.91 Å². The maximum Gasteiger partial charge on any atom is 0.258 e. The van der Waals surface area contributed by atoms with E-state index in [-0.39, 0.29) is 18.9 Å². The van der Waals surface area contributed by atoms with Crippen LogP contribution in [0.1, 0.15) is 44.6 Å². The summed E-state index contributed by atoms with van der Waals surface area (Å²) in [7, 11) is 0. The molecule has 1 N–H and O–H groups in total. The zero-order valence-electron chi connectivity index (χ0n) is 19.7. The van der Waals surface area contributed by atoms with Crippen molar-refractivity contribution in [1.29, 1.82) is 0 Å². The van der Waals surface area contributed by atoms with Crippen LogP contribution in [-0.4, -0.2) is 27.4 Å². The summed E-state index contributed by atoms with van der Waals surface area (Å²) >= 11 is 0. The molecule has 0 radical (unpaired) electrons. The Balaban J connectivity index is 1.39. The molecule has 1 atom stereocenters. The first-order valence-electron chi connectivity index (χ1n) is 11.7. The number of benzene rings is 3. The molecular formula is C28H26N4O3. The molecule has 3 heterocycles. The summed E-state index contributed by atoms with van der Waals surface area (Å²) in [6.07, 6.45) is -0.354. The molecule has 6 rings (SSSR count). The summed E-state index contributed by atoms with van der Waals surface area (Å²) in [4.78, 5) is 15.6. The standard InChI is InChI=1S/C28H26N4O3/c1-18-26(19(2)32(30-18)16-20-8-4-3-5-9-20)27-29-23-11-7-6-10-22(23)28(33)31(27)15-21-12-13-24-25(14-21)35-17-34-24/h3-14,27,29H,15-17H2,1-2H3/t27-/m1/s1. The molecule has 0 saturated carbocycles. The van der Waals surface area contributed by atoms with E-state index >= 15 is 0 Å². The number of amides is 1. The fraction of sp³-hybridized carbons (Fsp3) is 0.214. The minimum Gasteiger partial charge on any atom is -0.454 e. The second-order valence-electron chi connectivity index (χ2n) is 8.94. The van der Waals surface area contributed by atoms with E-state index in [0.29, 0.717) is 24.4 Å². The molecule has 35 heavy (non-hydrogen) atoms. The Labute approximate surface area is 203 Å². The lowest BCUT2D eigenvalue weighted by molar-refractivity contribution is 0.0665. The summed E-state index contributed by atoms with van der Waals surface area (Å²) in [5.74, 6) is 1.42. The lowest BCUT2D eigenvalue weighted by Gasteiger charge is -2.38. The molecule has 0 unspecified atom stereocenters. The van der Waals surface area contributed by atoms with Crippen molar-refractivity contribution in [2.24, 2.45) is 0 Å². The number of aromatic nitrogens is 2. The highest BCUT2D eigenvalue weighted by molar-refractivity contribution is 6.01. The molecule has 1 aromatic heterocycles. The van der Waals surface area contributed by atoms with Crippen molar-refractivity contribution in [2.45, 2.75) is 33.1 Å². The fourth-order valence-electron chi connectivity index (χ4n) is 4.94. The van der Waals surface area contributed by atoms with Crippen LogP contribution in [0.25, 0.3) is 0 Å². The molecule has 176 valence electrons. The second-order valence-corrected chi connectivity index (χ2v) is 8.94. The van der Waals surface area contributed by atoms with Gasteiger partial charge in [-0.3, -0.25) is 9.48 Å². The third-order valence-electron chi connectivity index (χ3n) is 6.70. The summed E-state index contributed by atoms with van der Waals surface area (Å²) in [6, 6.07) is 23.8. The molecule has 0 bridgehead atoms. The number of aryl methyl sites for hydroxylation is 1. The Morgan fingerprint density at radius 1 is 0.914 bits per heavy atom. The van der Waals surface area contributed by atoms with Crippen LogP contribution in [-0.2, 0) is 13.1 Å². The third kappa shape index (κ3) is 3.79. The van der Waals surface area contributed by atoms with Crippen LogP contribution in [0, 0.1) is 13.8 Å². The summed E-state index contributed by atoms with van der Waals surface area (Å²) < 4.78 is 13.0. The number of rotatable bonds is 5. The minimum absolute atomic E-state index is 0.0170. The van der Waals surface area contributed by atoms with Crippen molar-refractivity contribution in [3.63, 3.8) is 0 Å². The predicted molar refractivity (Wildman–Crippen MR) is 132 cm³/mol. The SMILES string of the molecule is Cc1nn(Cc2ccccc2)c(C)c1[C@@H]1Nc2ccccc2C(=O)N1Cc1ccc2c(c1)OCO2. The van der Waals surface area contributed by atoms with E-state index in [1.165, 1.54) is 5.56 Å². The second kappa shape index (κ2) is 8.51. The van der Waals surface area contributed by atoms with Crippen LogP contribution in [0.4, 0.5) is 5.69 Å². The number of nitrogens with one attached hydrogen (secondary N) is 1. The van der Waals surface area contributed by atoms with E-state index in [0.717, 1.165) is 34.0 Å². The normalized spacial score (nSPS) is 16.2. The van der Waals surface area contributed by atoms with E-state index in [9.17, 15) is 4.79 Å². The molecule has 7 nitrogen and oxygen atoms in total. The van der Waals surface area contributed by atoms with Crippen LogP contribution < -0.4 is 14.8 Å². The number of carbonyl (C=O) groups excluding carboxylic acids is 1. The number of nitrogens with zero attached hydrogens (tertiary/aromatic N) is 3. The highest BCUT2D eigenvalue weighted by Gasteiger charge is 2.36. The molecule has 0 fully saturated rings. The Morgan fingerprint density at radius 3 is 2.54 bits per heavy atom. The van der Waals surface area contributed by atoms with Crippen molar-refractivity contribution in [2.75, 3.05) is 12.1 Å². The van der Waals surface area contributed by atoms with Crippen LogP contribution in [0.3, 0.4) is 0 Å². The van der Waals surface area contributed by atoms with Gasteiger partial charge in [0.05, 0.1) is 17.8 Å². The molecular weight excluding hydrogens is 440 g/mol. The van der Waals surface area contributed by atoms with Crippen molar-refractivity contribution in [1.82, 2.24) is 14.7 Å². The molecule has 4 aromatic rings. The molecule has 7 heteroatoms. The van der Waals surface area contributed by atoms with Gasteiger partial charge in [-0.05, 0) is 49.2 Å². The van der Waals surface area contributed by atoms with Crippen molar-refractivity contribution >= 4 is 11.6 Å². The highest BCUT2D eigenvalue weighted by Crippen LogP contribution is 2.38. The number of fused-ring (bicyclic) bond motifs is 2. The van der Waals surface area contributed by atoms with Gasteiger partial charge in [0.1, 0.15) is 6.17 Å². The van der Waals surface area contributed by atoms with Gasteiger partial charge >= 0.3 is 0 Å². The fourth-order valence-corrected chi connectivity index (χ4v) is 4.94. The van der Waals surface area contributed by atoms with Gasteiger partial charge in [0, 0.05) is 23.5 Å². The van der Waals surface area contributed by atoms with Gasteiger partial charge in [-0.2, -0.15) is 5.10 Å². The lowest BCUT2D eigenvalue weighted by atomic mass is 10.0. The zero-order chi connectivity index (χ0) is 23.9. The third-order valence-corrected chi connectivity index (χ3v) is 6.70. The van der Waals surface area contributed by atoms with Gasteiger partial charge in [0.15, 0.2) is 11.5 Å². The van der Waals surface area contributed by atoms with Gasteiger partial charge in [-0.25, -0.2) is 0 Å². The molecule has 1 amide bonds. The Morgan fingerprint density at radius 2 is 1.69 bits per heavy atom. The first-order chi connectivity index (χ1) is 17.1. The van der Waals surface area contributed by atoms with Crippen molar-refractivity contribution < 1.29 is 14.3 Å². The Hall–Kier alpha value is -4.26. The maximum atomic E-state index is 13.8. The first-order valence-corrected chi connectivity index (χ1v) is 11.7. The zero-order valence-corrected chi connectivity index (χ0v) is 19.7. The quantitative estimate of drug-likeness (QED) is 0.446. The molecule has 0 spiro atoms. The molecule has 2 aliphatic heterocycles. The van der Waals surface area contributed by atoms with E-state index in [4.69, 9.17) is 14.6 Å².